The first-order chi connectivity index (χ1) is 13.4. The molecule has 0 spiro atoms. The molecule has 0 fully saturated rings. The van der Waals surface area contributed by atoms with Crippen LogP contribution in [0.5, 0.6) is 0 Å². The maximum absolute atomic E-state index is 11.7. The van der Waals surface area contributed by atoms with Crippen molar-refractivity contribution in [2.45, 2.75) is 13.8 Å². The summed E-state index contributed by atoms with van der Waals surface area (Å²) in [6.07, 6.45) is 1.25. The van der Waals surface area contributed by atoms with Crippen LogP contribution >= 0.6 is 0 Å². The Kier molecular flexibility index (Phi) is 5.45. The summed E-state index contributed by atoms with van der Waals surface area (Å²) in [5.41, 5.74) is 2.58. The number of amides is 1. The van der Waals surface area contributed by atoms with Gasteiger partial charge in [0, 0.05) is 24.0 Å². The third-order valence-electron chi connectivity index (χ3n) is 3.87. The lowest BCUT2D eigenvalue weighted by Crippen LogP contribution is -2.07. The zero-order valence-corrected chi connectivity index (χ0v) is 15.3. The van der Waals surface area contributed by atoms with E-state index in [0.717, 1.165) is 11.3 Å². The van der Waals surface area contributed by atoms with Crippen molar-refractivity contribution in [3.63, 3.8) is 0 Å². The Bertz CT molecular complexity index is 1020. The fourth-order valence-corrected chi connectivity index (χ4v) is 2.55. The molecule has 0 radical (unpaired) electrons. The molecule has 9 nitrogen and oxygen atoms in total. The van der Waals surface area contributed by atoms with Gasteiger partial charge in [-0.15, -0.1) is 0 Å². The molecular weight excluding hydrogens is 360 g/mol. The predicted octanol–water partition coefficient (Wildman–Crippen LogP) is 4.14. The van der Waals surface area contributed by atoms with Gasteiger partial charge in [-0.05, 0) is 42.8 Å². The molecule has 0 saturated heterocycles. The predicted molar refractivity (Wildman–Crippen MR) is 107 cm³/mol. The molecule has 3 aromatic rings. The summed E-state index contributed by atoms with van der Waals surface area (Å²) in [6, 6.07) is 14.2. The minimum absolute atomic E-state index is 0.0587. The lowest BCUT2D eigenvalue weighted by molar-refractivity contribution is -0.383. The molecule has 3 N–H and O–H groups in total. The fourth-order valence-electron chi connectivity index (χ4n) is 2.55. The van der Waals surface area contributed by atoms with Crippen LogP contribution in [0.15, 0.2) is 54.9 Å². The highest BCUT2D eigenvalue weighted by molar-refractivity contribution is 5.89. The van der Waals surface area contributed by atoms with Crippen LogP contribution in [-0.4, -0.2) is 20.8 Å². The number of aryl methyl sites for hydroxylation is 1. The van der Waals surface area contributed by atoms with Gasteiger partial charge < -0.3 is 16.0 Å². The Balaban J connectivity index is 1.90. The lowest BCUT2D eigenvalue weighted by Gasteiger charge is -2.12. The minimum atomic E-state index is -0.533. The van der Waals surface area contributed by atoms with Gasteiger partial charge in [0.15, 0.2) is 0 Å². The van der Waals surface area contributed by atoms with E-state index in [2.05, 4.69) is 25.9 Å². The molecular formula is C19H18N6O3. The molecule has 3 rings (SSSR count). The van der Waals surface area contributed by atoms with Gasteiger partial charge in [-0.3, -0.25) is 14.9 Å². The van der Waals surface area contributed by atoms with Crippen LogP contribution in [0, 0.1) is 17.0 Å². The van der Waals surface area contributed by atoms with Crippen LogP contribution in [0.3, 0.4) is 0 Å². The number of nitrogens with zero attached hydrogens (tertiary/aromatic N) is 3. The van der Waals surface area contributed by atoms with Gasteiger partial charge in [0.2, 0.25) is 17.5 Å². The minimum Gasteiger partial charge on any atom is -0.334 e. The number of hydrogen-bond donors (Lipinski definition) is 3. The van der Waals surface area contributed by atoms with Crippen molar-refractivity contribution in [2.24, 2.45) is 0 Å². The van der Waals surface area contributed by atoms with E-state index in [9.17, 15) is 14.9 Å². The molecule has 2 aromatic carbocycles. The van der Waals surface area contributed by atoms with Crippen molar-refractivity contribution < 1.29 is 9.72 Å². The van der Waals surface area contributed by atoms with Crippen molar-refractivity contribution in [3.8, 4) is 0 Å². The first-order valence-corrected chi connectivity index (χ1v) is 8.41. The normalized spacial score (nSPS) is 10.2. The fraction of sp³-hybridized carbons (Fsp3) is 0.105. The van der Waals surface area contributed by atoms with Crippen LogP contribution in [0.4, 0.5) is 34.4 Å². The van der Waals surface area contributed by atoms with E-state index in [0.29, 0.717) is 11.4 Å². The molecule has 1 amide bonds. The van der Waals surface area contributed by atoms with E-state index in [-0.39, 0.29) is 23.2 Å². The largest absolute Gasteiger partial charge is 0.353 e. The summed E-state index contributed by atoms with van der Waals surface area (Å²) in [4.78, 5) is 30.3. The van der Waals surface area contributed by atoms with Gasteiger partial charge in [0.25, 0.3) is 0 Å². The maximum Gasteiger partial charge on any atom is 0.353 e. The third kappa shape index (κ3) is 4.39. The van der Waals surface area contributed by atoms with Gasteiger partial charge in [-0.2, -0.15) is 0 Å². The first kappa shape index (κ1) is 18.8. The number of nitro groups is 1. The summed E-state index contributed by atoms with van der Waals surface area (Å²) in [7, 11) is 0. The Morgan fingerprint density at radius 2 is 1.57 bits per heavy atom. The monoisotopic (exact) mass is 378 g/mol. The molecule has 0 atom stereocenters. The van der Waals surface area contributed by atoms with Crippen molar-refractivity contribution in [1.29, 1.82) is 0 Å². The molecule has 1 aromatic heterocycles. The third-order valence-corrected chi connectivity index (χ3v) is 3.87. The van der Waals surface area contributed by atoms with E-state index in [1.165, 1.54) is 13.3 Å². The van der Waals surface area contributed by atoms with Gasteiger partial charge in [0.05, 0.1) is 4.92 Å². The highest BCUT2D eigenvalue weighted by atomic mass is 16.6. The Morgan fingerprint density at radius 1 is 0.964 bits per heavy atom. The van der Waals surface area contributed by atoms with E-state index < -0.39 is 4.92 Å². The second-order valence-corrected chi connectivity index (χ2v) is 6.00. The number of hydrogen-bond acceptors (Lipinski definition) is 7. The molecule has 0 bridgehead atoms. The molecule has 0 aliphatic carbocycles. The number of carbonyl (C=O) groups is 1. The van der Waals surface area contributed by atoms with Crippen LogP contribution in [-0.2, 0) is 4.79 Å². The van der Waals surface area contributed by atoms with Crippen molar-refractivity contribution >= 4 is 40.3 Å². The van der Waals surface area contributed by atoms with Gasteiger partial charge >= 0.3 is 5.69 Å². The number of anilines is 5. The smallest absolute Gasteiger partial charge is 0.334 e. The zero-order chi connectivity index (χ0) is 20.1. The van der Waals surface area contributed by atoms with E-state index in [1.54, 1.807) is 24.3 Å². The Hall–Kier alpha value is -4.01. The maximum atomic E-state index is 11.7. The Morgan fingerprint density at radius 3 is 2.18 bits per heavy atom. The molecule has 0 saturated carbocycles. The number of benzene rings is 2. The Labute approximate surface area is 161 Å². The highest BCUT2D eigenvalue weighted by Crippen LogP contribution is 2.33. The van der Waals surface area contributed by atoms with Gasteiger partial charge in [0.1, 0.15) is 6.33 Å². The number of aromatic nitrogens is 2. The summed E-state index contributed by atoms with van der Waals surface area (Å²) in [5, 5.41) is 20.3. The molecule has 0 aliphatic rings. The molecule has 142 valence electrons. The van der Waals surface area contributed by atoms with Crippen LogP contribution in [0.25, 0.3) is 0 Å². The number of nitrogens with one attached hydrogen (secondary N) is 3. The molecule has 9 heteroatoms. The van der Waals surface area contributed by atoms with Crippen LogP contribution in [0.1, 0.15) is 12.5 Å². The first-order valence-electron chi connectivity index (χ1n) is 8.41. The summed E-state index contributed by atoms with van der Waals surface area (Å²) in [5.74, 6) is -0.0332. The van der Waals surface area contributed by atoms with Crippen molar-refractivity contribution in [2.75, 3.05) is 16.0 Å². The zero-order valence-electron chi connectivity index (χ0n) is 15.3. The topological polar surface area (TPSA) is 122 Å². The number of para-hydroxylation sites is 1. The second-order valence-electron chi connectivity index (χ2n) is 6.00. The van der Waals surface area contributed by atoms with E-state index in [1.807, 2.05) is 31.2 Å². The second kappa shape index (κ2) is 8.12. The number of carbonyl (C=O) groups excluding carboxylic acids is 1. The summed E-state index contributed by atoms with van der Waals surface area (Å²) >= 11 is 0. The van der Waals surface area contributed by atoms with Crippen LogP contribution in [0.2, 0.25) is 0 Å². The number of rotatable bonds is 6. The van der Waals surface area contributed by atoms with Crippen molar-refractivity contribution in [1.82, 2.24) is 9.97 Å². The lowest BCUT2D eigenvalue weighted by atomic mass is 10.2. The molecule has 1 heterocycles. The quantitative estimate of drug-likeness (QED) is 0.435. The highest BCUT2D eigenvalue weighted by Gasteiger charge is 2.23. The van der Waals surface area contributed by atoms with E-state index in [4.69, 9.17) is 0 Å². The standard InChI is InChI=1S/C19H18N6O3/c1-12-5-3-4-6-16(12)24-19-17(25(27)28)18(20-11-21-19)23-15-9-7-14(8-10-15)22-13(2)26/h3-11H,1-2H3,(H,22,26)(H2,20,21,23,24). The SMILES string of the molecule is CC(=O)Nc1ccc(Nc2ncnc(Nc3ccccc3C)c2[N+](=O)[O-])cc1. The average molecular weight is 378 g/mol. The summed E-state index contributed by atoms with van der Waals surface area (Å²) < 4.78 is 0. The van der Waals surface area contributed by atoms with Crippen molar-refractivity contribution in [3.05, 3.63) is 70.5 Å². The van der Waals surface area contributed by atoms with E-state index >= 15 is 0 Å². The van der Waals surface area contributed by atoms with Gasteiger partial charge in [-0.25, -0.2) is 9.97 Å². The summed E-state index contributed by atoms with van der Waals surface area (Å²) in [6.45, 7) is 3.31. The van der Waals surface area contributed by atoms with Gasteiger partial charge in [-0.1, -0.05) is 18.2 Å². The molecule has 28 heavy (non-hydrogen) atoms. The molecule has 0 aliphatic heterocycles. The molecule has 0 unspecified atom stereocenters. The van der Waals surface area contributed by atoms with Crippen LogP contribution < -0.4 is 16.0 Å². The average Bonchev–Trinajstić information content (AvgIpc) is 2.65.